The predicted octanol–water partition coefficient (Wildman–Crippen LogP) is 1.64. The normalized spacial score (nSPS) is 15.7. The molecule has 0 aliphatic carbocycles. The fourth-order valence-electron chi connectivity index (χ4n) is 1.28. The van der Waals surface area contributed by atoms with E-state index in [0.29, 0.717) is 24.5 Å². The standard InChI is InChI=1S/C11H11NO2/c1-8-2-3-9(5-12)11(4-8)14-10-6-13-7-10/h2-4,10H,6-7H2,1H3. The summed E-state index contributed by atoms with van der Waals surface area (Å²) < 4.78 is 10.6. The van der Waals surface area contributed by atoms with Gasteiger partial charge in [0.1, 0.15) is 17.9 Å². The van der Waals surface area contributed by atoms with Gasteiger partial charge in [0.05, 0.1) is 18.8 Å². The molecule has 0 bridgehead atoms. The minimum Gasteiger partial charge on any atom is -0.484 e. The van der Waals surface area contributed by atoms with E-state index in [-0.39, 0.29) is 6.10 Å². The quantitative estimate of drug-likeness (QED) is 0.710. The molecule has 3 nitrogen and oxygen atoms in total. The van der Waals surface area contributed by atoms with Gasteiger partial charge in [-0.2, -0.15) is 5.26 Å². The monoisotopic (exact) mass is 189 g/mol. The number of ether oxygens (including phenoxy) is 2. The number of aryl methyl sites for hydroxylation is 1. The Bertz CT molecular complexity index is 377. The van der Waals surface area contributed by atoms with Gasteiger partial charge in [-0.15, -0.1) is 0 Å². The van der Waals surface area contributed by atoms with Crippen LogP contribution in [0.2, 0.25) is 0 Å². The van der Waals surface area contributed by atoms with E-state index in [2.05, 4.69) is 6.07 Å². The van der Waals surface area contributed by atoms with Gasteiger partial charge in [0.2, 0.25) is 0 Å². The van der Waals surface area contributed by atoms with Crippen LogP contribution in [0.1, 0.15) is 11.1 Å². The van der Waals surface area contributed by atoms with E-state index in [1.807, 2.05) is 19.1 Å². The van der Waals surface area contributed by atoms with Crippen LogP contribution in [-0.2, 0) is 4.74 Å². The Labute approximate surface area is 82.9 Å². The molecule has 0 radical (unpaired) electrons. The van der Waals surface area contributed by atoms with Crippen LogP contribution in [0.4, 0.5) is 0 Å². The van der Waals surface area contributed by atoms with Gasteiger partial charge >= 0.3 is 0 Å². The topological polar surface area (TPSA) is 42.2 Å². The van der Waals surface area contributed by atoms with E-state index in [4.69, 9.17) is 14.7 Å². The fraction of sp³-hybridized carbons (Fsp3) is 0.364. The molecule has 1 aliphatic heterocycles. The van der Waals surface area contributed by atoms with Crippen molar-refractivity contribution in [2.75, 3.05) is 13.2 Å². The molecule has 0 spiro atoms. The maximum atomic E-state index is 8.85. The second-order valence-electron chi connectivity index (χ2n) is 3.39. The second-order valence-corrected chi connectivity index (χ2v) is 3.39. The zero-order valence-electron chi connectivity index (χ0n) is 7.99. The predicted molar refractivity (Wildman–Crippen MR) is 51.1 cm³/mol. The van der Waals surface area contributed by atoms with Crippen molar-refractivity contribution in [3.8, 4) is 11.8 Å². The Morgan fingerprint density at radius 3 is 2.86 bits per heavy atom. The molecule has 72 valence electrons. The Balaban J connectivity index is 2.21. The summed E-state index contributed by atoms with van der Waals surface area (Å²) in [4.78, 5) is 0. The van der Waals surface area contributed by atoms with Crippen molar-refractivity contribution in [2.45, 2.75) is 13.0 Å². The lowest BCUT2D eigenvalue weighted by Crippen LogP contribution is -2.38. The molecule has 0 aromatic heterocycles. The summed E-state index contributed by atoms with van der Waals surface area (Å²) in [5.74, 6) is 0.667. The van der Waals surface area contributed by atoms with E-state index < -0.39 is 0 Å². The Kier molecular flexibility index (Phi) is 2.38. The van der Waals surface area contributed by atoms with Gasteiger partial charge in [-0.25, -0.2) is 0 Å². The van der Waals surface area contributed by atoms with Crippen molar-refractivity contribution in [3.05, 3.63) is 29.3 Å². The maximum Gasteiger partial charge on any atom is 0.145 e. The fourth-order valence-corrected chi connectivity index (χ4v) is 1.28. The molecule has 2 rings (SSSR count). The highest BCUT2D eigenvalue weighted by atomic mass is 16.6. The van der Waals surface area contributed by atoms with Crippen molar-refractivity contribution < 1.29 is 9.47 Å². The van der Waals surface area contributed by atoms with Crippen LogP contribution in [0.15, 0.2) is 18.2 Å². The lowest BCUT2D eigenvalue weighted by Gasteiger charge is -2.27. The highest BCUT2D eigenvalue weighted by molar-refractivity contribution is 5.45. The average Bonchev–Trinajstić information content (AvgIpc) is 2.12. The number of hydrogen-bond donors (Lipinski definition) is 0. The second kappa shape index (κ2) is 3.69. The van der Waals surface area contributed by atoms with Crippen molar-refractivity contribution in [1.82, 2.24) is 0 Å². The largest absolute Gasteiger partial charge is 0.484 e. The van der Waals surface area contributed by atoms with Crippen LogP contribution in [0.25, 0.3) is 0 Å². The summed E-state index contributed by atoms with van der Waals surface area (Å²) in [7, 11) is 0. The first kappa shape index (κ1) is 9.04. The number of rotatable bonds is 2. The van der Waals surface area contributed by atoms with Crippen molar-refractivity contribution >= 4 is 0 Å². The van der Waals surface area contributed by atoms with E-state index in [0.717, 1.165) is 5.56 Å². The maximum absolute atomic E-state index is 8.85. The molecule has 1 aromatic rings. The molecular weight excluding hydrogens is 178 g/mol. The minimum absolute atomic E-state index is 0.115. The summed E-state index contributed by atoms with van der Waals surface area (Å²) in [5, 5.41) is 8.85. The Morgan fingerprint density at radius 1 is 1.50 bits per heavy atom. The summed E-state index contributed by atoms with van der Waals surface area (Å²) in [5.41, 5.74) is 1.68. The van der Waals surface area contributed by atoms with Crippen molar-refractivity contribution in [3.63, 3.8) is 0 Å². The number of benzene rings is 1. The van der Waals surface area contributed by atoms with Crippen molar-refractivity contribution in [1.29, 1.82) is 5.26 Å². The van der Waals surface area contributed by atoms with E-state index in [1.54, 1.807) is 6.07 Å². The zero-order valence-corrected chi connectivity index (χ0v) is 7.99. The molecule has 1 aromatic carbocycles. The first-order valence-corrected chi connectivity index (χ1v) is 4.55. The molecule has 1 heterocycles. The van der Waals surface area contributed by atoms with Gasteiger partial charge in [0.15, 0.2) is 0 Å². The van der Waals surface area contributed by atoms with Crippen molar-refractivity contribution in [2.24, 2.45) is 0 Å². The van der Waals surface area contributed by atoms with E-state index >= 15 is 0 Å². The van der Waals surface area contributed by atoms with Crippen LogP contribution in [0.3, 0.4) is 0 Å². The van der Waals surface area contributed by atoms with Crippen LogP contribution in [-0.4, -0.2) is 19.3 Å². The van der Waals surface area contributed by atoms with Gasteiger partial charge in [-0.05, 0) is 24.6 Å². The molecule has 14 heavy (non-hydrogen) atoms. The third kappa shape index (κ3) is 1.70. The first-order valence-electron chi connectivity index (χ1n) is 4.55. The summed E-state index contributed by atoms with van der Waals surface area (Å²) in [6.45, 7) is 3.23. The lowest BCUT2D eigenvalue weighted by molar-refractivity contribution is -0.0797. The van der Waals surface area contributed by atoms with Gasteiger partial charge in [-0.1, -0.05) is 6.07 Å². The molecule has 0 N–H and O–H groups in total. The van der Waals surface area contributed by atoms with Crippen LogP contribution >= 0.6 is 0 Å². The number of nitriles is 1. The summed E-state index contributed by atoms with van der Waals surface area (Å²) in [6.07, 6.45) is 0.115. The molecule has 0 saturated carbocycles. The Morgan fingerprint density at radius 2 is 2.29 bits per heavy atom. The molecule has 0 unspecified atom stereocenters. The number of hydrogen-bond acceptors (Lipinski definition) is 3. The van der Waals surface area contributed by atoms with Crippen LogP contribution < -0.4 is 4.74 Å². The smallest absolute Gasteiger partial charge is 0.145 e. The summed E-state index contributed by atoms with van der Waals surface area (Å²) >= 11 is 0. The molecule has 0 atom stereocenters. The summed E-state index contributed by atoms with van der Waals surface area (Å²) in [6, 6.07) is 7.68. The SMILES string of the molecule is Cc1ccc(C#N)c(OC2COC2)c1. The third-order valence-electron chi connectivity index (χ3n) is 2.16. The first-order chi connectivity index (χ1) is 6.79. The van der Waals surface area contributed by atoms with Crippen LogP contribution in [0.5, 0.6) is 5.75 Å². The highest BCUT2D eigenvalue weighted by Crippen LogP contribution is 2.22. The molecule has 1 aliphatic rings. The van der Waals surface area contributed by atoms with Gasteiger partial charge in [-0.3, -0.25) is 0 Å². The van der Waals surface area contributed by atoms with Gasteiger partial charge < -0.3 is 9.47 Å². The van der Waals surface area contributed by atoms with Gasteiger partial charge in [0, 0.05) is 0 Å². The number of nitrogens with zero attached hydrogens (tertiary/aromatic N) is 1. The highest BCUT2D eigenvalue weighted by Gasteiger charge is 2.21. The lowest BCUT2D eigenvalue weighted by atomic mass is 10.1. The van der Waals surface area contributed by atoms with E-state index in [9.17, 15) is 0 Å². The zero-order chi connectivity index (χ0) is 9.97. The molecule has 0 amide bonds. The molecule has 3 heteroatoms. The third-order valence-corrected chi connectivity index (χ3v) is 2.16. The molecule has 1 saturated heterocycles. The molecule has 1 fully saturated rings. The average molecular weight is 189 g/mol. The minimum atomic E-state index is 0.115. The Hall–Kier alpha value is -1.53. The van der Waals surface area contributed by atoms with Gasteiger partial charge in [0.25, 0.3) is 0 Å². The molecular formula is C11H11NO2. The van der Waals surface area contributed by atoms with E-state index in [1.165, 1.54) is 0 Å². The van der Waals surface area contributed by atoms with Crippen LogP contribution in [0, 0.1) is 18.3 Å².